The fourth-order valence-electron chi connectivity index (χ4n) is 2.23. The average molecular weight is 329 g/mol. The Morgan fingerprint density at radius 3 is 2.36 bits per heavy atom. The van der Waals surface area contributed by atoms with Crippen LogP contribution in [0, 0.1) is 0 Å². The van der Waals surface area contributed by atoms with Crippen molar-refractivity contribution in [2.45, 2.75) is 11.4 Å². The zero-order chi connectivity index (χ0) is 15.4. The first kappa shape index (κ1) is 15.0. The first-order valence-corrected chi connectivity index (χ1v) is 9.24. The summed E-state index contributed by atoms with van der Waals surface area (Å²) in [5, 5.41) is 4.07. The molecule has 112 valence electrons. The molecule has 2 aromatic carbocycles. The lowest BCUT2D eigenvalue weighted by atomic mass is 10.0. The monoisotopic (exact) mass is 329 g/mol. The van der Waals surface area contributed by atoms with Crippen molar-refractivity contribution in [1.82, 2.24) is 4.72 Å². The van der Waals surface area contributed by atoms with Gasteiger partial charge in [0.15, 0.2) is 0 Å². The highest BCUT2D eigenvalue weighted by atomic mass is 32.2. The number of hydrogen-bond acceptors (Lipinski definition) is 3. The van der Waals surface area contributed by atoms with Crippen LogP contribution in [0.25, 0.3) is 11.1 Å². The Morgan fingerprint density at radius 1 is 0.909 bits per heavy atom. The number of rotatable bonds is 5. The molecular formula is C17H15NO2S2. The molecule has 0 aliphatic rings. The number of thiophene rings is 1. The Balaban J connectivity index is 1.83. The molecule has 0 aliphatic heterocycles. The van der Waals surface area contributed by atoms with E-state index in [1.165, 1.54) is 0 Å². The lowest BCUT2D eigenvalue weighted by molar-refractivity contribution is 0.581. The van der Waals surface area contributed by atoms with Gasteiger partial charge in [0.25, 0.3) is 0 Å². The maximum atomic E-state index is 12.3. The Hall–Kier alpha value is -1.95. The minimum atomic E-state index is -3.49. The molecule has 0 unspecified atom stereocenters. The van der Waals surface area contributed by atoms with E-state index in [0.29, 0.717) is 0 Å². The Morgan fingerprint density at radius 2 is 1.64 bits per heavy atom. The van der Waals surface area contributed by atoms with Crippen LogP contribution in [-0.4, -0.2) is 8.42 Å². The van der Waals surface area contributed by atoms with Crippen molar-refractivity contribution in [2.75, 3.05) is 0 Å². The second-order valence-corrected chi connectivity index (χ2v) is 7.35. The minimum absolute atomic E-state index is 0.267. The van der Waals surface area contributed by atoms with Crippen molar-refractivity contribution in [3.8, 4) is 11.1 Å². The van der Waals surface area contributed by atoms with E-state index in [4.69, 9.17) is 0 Å². The molecule has 3 nitrogen and oxygen atoms in total. The SMILES string of the molecule is O=S(=O)(NCc1ccccc1-c1ccsc1)c1ccccc1. The van der Waals surface area contributed by atoms with Crippen LogP contribution in [0.15, 0.2) is 76.3 Å². The maximum absolute atomic E-state index is 12.3. The van der Waals surface area contributed by atoms with E-state index < -0.39 is 10.0 Å². The van der Waals surface area contributed by atoms with Crippen LogP contribution >= 0.6 is 11.3 Å². The highest BCUT2D eigenvalue weighted by Crippen LogP contribution is 2.26. The van der Waals surface area contributed by atoms with Crippen molar-refractivity contribution in [3.63, 3.8) is 0 Å². The molecule has 0 radical (unpaired) electrons. The minimum Gasteiger partial charge on any atom is -0.207 e. The average Bonchev–Trinajstić information content (AvgIpc) is 3.08. The fraction of sp³-hybridized carbons (Fsp3) is 0.0588. The fourth-order valence-corrected chi connectivity index (χ4v) is 3.91. The number of sulfonamides is 1. The molecule has 0 saturated carbocycles. The highest BCUT2D eigenvalue weighted by molar-refractivity contribution is 7.89. The summed E-state index contributed by atoms with van der Waals surface area (Å²) in [6, 6.07) is 18.3. The molecule has 0 bridgehead atoms. The van der Waals surface area contributed by atoms with Gasteiger partial charge in [-0.05, 0) is 45.6 Å². The Labute approximate surface area is 134 Å². The van der Waals surface area contributed by atoms with Crippen LogP contribution in [0.3, 0.4) is 0 Å². The largest absolute Gasteiger partial charge is 0.240 e. The van der Waals surface area contributed by atoms with Gasteiger partial charge in [0, 0.05) is 6.54 Å². The molecule has 0 atom stereocenters. The van der Waals surface area contributed by atoms with Crippen LogP contribution in [0.5, 0.6) is 0 Å². The molecule has 3 aromatic rings. The summed E-state index contributed by atoms with van der Waals surface area (Å²) in [6.07, 6.45) is 0. The van der Waals surface area contributed by atoms with Crippen molar-refractivity contribution >= 4 is 21.4 Å². The quantitative estimate of drug-likeness (QED) is 0.772. The van der Waals surface area contributed by atoms with Gasteiger partial charge in [-0.3, -0.25) is 0 Å². The molecule has 5 heteroatoms. The summed E-state index contributed by atoms with van der Waals surface area (Å²) in [4.78, 5) is 0.281. The molecule has 1 N–H and O–H groups in total. The lowest BCUT2D eigenvalue weighted by Gasteiger charge is -2.10. The van der Waals surface area contributed by atoms with Gasteiger partial charge in [0.2, 0.25) is 10.0 Å². The first-order chi connectivity index (χ1) is 10.7. The molecule has 3 rings (SSSR count). The summed E-state index contributed by atoms with van der Waals surface area (Å²) in [5.41, 5.74) is 3.12. The first-order valence-electron chi connectivity index (χ1n) is 6.82. The van der Waals surface area contributed by atoms with Gasteiger partial charge in [-0.1, -0.05) is 42.5 Å². The van der Waals surface area contributed by atoms with E-state index in [1.807, 2.05) is 35.7 Å². The summed E-state index contributed by atoms with van der Waals surface area (Å²) in [5.74, 6) is 0. The molecule has 0 aliphatic carbocycles. The van der Waals surface area contributed by atoms with Gasteiger partial charge >= 0.3 is 0 Å². The van der Waals surface area contributed by atoms with Crippen LogP contribution in [-0.2, 0) is 16.6 Å². The summed E-state index contributed by atoms with van der Waals surface area (Å²) in [7, 11) is -3.49. The predicted molar refractivity (Wildman–Crippen MR) is 90.2 cm³/mol. The van der Waals surface area contributed by atoms with E-state index >= 15 is 0 Å². The third kappa shape index (κ3) is 3.27. The third-order valence-electron chi connectivity index (χ3n) is 3.36. The lowest BCUT2D eigenvalue weighted by Crippen LogP contribution is -2.23. The Bertz CT molecular complexity index is 841. The van der Waals surface area contributed by atoms with Crippen LogP contribution in [0.4, 0.5) is 0 Å². The molecule has 1 aromatic heterocycles. The van der Waals surface area contributed by atoms with E-state index in [9.17, 15) is 8.42 Å². The van der Waals surface area contributed by atoms with Gasteiger partial charge in [0.05, 0.1) is 4.90 Å². The molecule has 0 amide bonds. The van der Waals surface area contributed by atoms with E-state index in [0.717, 1.165) is 16.7 Å². The van der Waals surface area contributed by atoms with Gasteiger partial charge in [-0.2, -0.15) is 11.3 Å². The summed E-state index contributed by atoms with van der Waals surface area (Å²) in [6.45, 7) is 0.267. The second kappa shape index (κ2) is 6.44. The molecular weight excluding hydrogens is 314 g/mol. The summed E-state index contributed by atoms with van der Waals surface area (Å²) >= 11 is 1.62. The van der Waals surface area contributed by atoms with E-state index in [-0.39, 0.29) is 11.4 Å². The second-order valence-electron chi connectivity index (χ2n) is 4.81. The van der Waals surface area contributed by atoms with E-state index in [2.05, 4.69) is 10.1 Å². The van der Waals surface area contributed by atoms with Crippen molar-refractivity contribution in [3.05, 3.63) is 77.0 Å². The number of nitrogens with one attached hydrogen (secondary N) is 1. The van der Waals surface area contributed by atoms with Crippen LogP contribution < -0.4 is 4.72 Å². The van der Waals surface area contributed by atoms with Gasteiger partial charge in [-0.25, -0.2) is 13.1 Å². The van der Waals surface area contributed by atoms with Gasteiger partial charge in [-0.15, -0.1) is 0 Å². The number of hydrogen-bond donors (Lipinski definition) is 1. The summed E-state index contributed by atoms with van der Waals surface area (Å²) < 4.78 is 27.3. The van der Waals surface area contributed by atoms with Crippen molar-refractivity contribution < 1.29 is 8.42 Å². The topological polar surface area (TPSA) is 46.2 Å². The van der Waals surface area contributed by atoms with Crippen molar-refractivity contribution in [1.29, 1.82) is 0 Å². The zero-order valence-electron chi connectivity index (χ0n) is 11.8. The normalized spacial score (nSPS) is 11.5. The molecule has 22 heavy (non-hydrogen) atoms. The molecule has 0 saturated heterocycles. The third-order valence-corrected chi connectivity index (χ3v) is 5.46. The molecule has 1 heterocycles. The molecule has 0 fully saturated rings. The Kier molecular flexibility index (Phi) is 4.38. The highest BCUT2D eigenvalue weighted by Gasteiger charge is 2.14. The van der Waals surface area contributed by atoms with Crippen LogP contribution in [0.2, 0.25) is 0 Å². The van der Waals surface area contributed by atoms with Crippen LogP contribution in [0.1, 0.15) is 5.56 Å². The predicted octanol–water partition coefficient (Wildman–Crippen LogP) is 3.89. The molecule has 0 spiro atoms. The van der Waals surface area contributed by atoms with Crippen molar-refractivity contribution in [2.24, 2.45) is 0 Å². The van der Waals surface area contributed by atoms with E-state index in [1.54, 1.807) is 41.7 Å². The van der Waals surface area contributed by atoms with Gasteiger partial charge < -0.3 is 0 Å². The zero-order valence-corrected chi connectivity index (χ0v) is 13.4. The number of benzene rings is 2. The maximum Gasteiger partial charge on any atom is 0.240 e. The smallest absolute Gasteiger partial charge is 0.207 e. The standard InChI is InChI=1S/C17H15NO2S2/c19-22(20,16-7-2-1-3-8-16)18-12-14-6-4-5-9-17(14)15-10-11-21-13-15/h1-11,13,18H,12H2. The van der Waals surface area contributed by atoms with Gasteiger partial charge in [0.1, 0.15) is 0 Å².